The fourth-order valence-electron chi connectivity index (χ4n) is 2.61. The third-order valence-corrected chi connectivity index (χ3v) is 4.10. The highest BCUT2D eigenvalue weighted by Crippen LogP contribution is 2.28. The first-order chi connectivity index (χ1) is 13.9. The number of Topliss-reactive ketones (excluding diaryl/α,β-unsaturated/α-hetero) is 1. The SMILES string of the molecule is CCOc1cc(C(=O)OCC(=O)c2ccc(CCNC(C)=O)cc2)ccc1OC. The lowest BCUT2D eigenvalue weighted by atomic mass is 10.1. The number of amides is 1. The van der Waals surface area contributed by atoms with Crippen molar-refractivity contribution >= 4 is 17.7 Å². The van der Waals surface area contributed by atoms with Crippen LogP contribution < -0.4 is 14.8 Å². The van der Waals surface area contributed by atoms with Crippen LogP contribution in [0.2, 0.25) is 0 Å². The van der Waals surface area contributed by atoms with Crippen LogP contribution in [0, 0.1) is 0 Å². The maximum atomic E-state index is 12.3. The molecular weight excluding hydrogens is 374 g/mol. The van der Waals surface area contributed by atoms with Crippen LogP contribution in [-0.4, -0.2) is 44.5 Å². The second-order valence-electron chi connectivity index (χ2n) is 6.23. The Bertz CT molecular complexity index is 860. The Morgan fingerprint density at radius 2 is 1.66 bits per heavy atom. The van der Waals surface area contributed by atoms with E-state index in [1.54, 1.807) is 24.3 Å². The van der Waals surface area contributed by atoms with E-state index in [1.165, 1.54) is 20.1 Å². The van der Waals surface area contributed by atoms with Gasteiger partial charge in [-0.2, -0.15) is 0 Å². The van der Waals surface area contributed by atoms with Gasteiger partial charge in [-0.05, 0) is 37.1 Å². The van der Waals surface area contributed by atoms with Crippen LogP contribution in [0.15, 0.2) is 42.5 Å². The Labute approximate surface area is 170 Å². The van der Waals surface area contributed by atoms with Crippen LogP contribution in [0.25, 0.3) is 0 Å². The molecule has 2 rings (SSSR count). The lowest BCUT2D eigenvalue weighted by molar-refractivity contribution is -0.118. The number of ketones is 1. The number of ether oxygens (including phenoxy) is 3. The topological polar surface area (TPSA) is 90.9 Å². The van der Waals surface area contributed by atoms with Gasteiger partial charge in [-0.15, -0.1) is 0 Å². The van der Waals surface area contributed by atoms with Gasteiger partial charge in [-0.25, -0.2) is 4.79 Å². The molecule has 0 bridgehead atoms. The second-order valence-corrected chi connectivity index (χ2v) is 6.23. The average Bonchev–Trinajstić information content (AvgIpc) is 2.72. The van der Waals surface area contributed by atoms with E-state index in [4.69, 9.17) is 14.2 Å². The first-order valence-electron chi connectivity index (χ1n) is 9.29. The van der Waals surface area contributed by atoms with Crippen molar-refractivity contribution in [3.8, 4) is 11.5 Å². The highest BCUT2D eigenvalue weighted by molar-refractivity contribution is 5.99. The summed E-state index contributed by atoms with van der Waals surface area (Å²) in [4.78, 5) is 35.4. The zero-order valence-electron chi connectivity index (χ0n) is 16.8. The van der Waals surface area contributed by atoms with E-state index in [0.29, 0.717) is 36.6 Å². The fraction of sp³-hybridized carbons (Fsp3) is 0.318. The summed E-state index contributed by atoms with van der Waals surface area (Å²) >= 11 is 0. The molecule has 7 nitrogen and oxygen atoms in total. The fourth-order valence-corrected chi connectivity index (χ4v) is 2.61. The van der Waals surface area contributed by atoms with Crippen molar-refractivity contribution in [3.63, 3.8) is 0 Å². The number of carbonyl (C=O) groups excluding carboxylic acids is 3. The van der Waals surface area contributed by atoms with Crippen LogP contribution in [-0.2, 0) is 16.0 Å². The Hall–Kier alpha value is -3.35. The van der Waals surface area contributed by atoms with Crippen LogP contribution in [0.1, 0.15) is 40.1 Å². The third-order valence-electron chi connectivity index (χ3n) is 4.10. The summed E-state index contributed by atoms with van der Waals surface area (Å²) in [7, 11) is 1.51. The molecule has 0 spiro atoms. The molecule has 0 aliphatic rings. The van der Waals surface area contributed by atoms with Gasteiger partial charge in [0.05, 0.1) is 19.3 Å². The number of benzene rings is 2. The van der Waals surface area contributed by atoms with Crippen molar-refractivity contribution in [2.45, 2.75) is 20.3 Å². The van der Waals surface area contributed by atoms with E-state index in [-0.39, 0.29) is 23.9 Å². The van der Waals surface area contributed by atoms with Crippen molar-refractivity contribution < 1.29 is 28.6 Å². The van der Waals surface area contributed by atoms with E-state index in [1.807, 2.05) is 19.1 Å². The lowest BCUT2D eigenvalue weighted by Crippen LogP contribution is -2.22. The summed E-state index contributed by atoms with van der Waals surface area (Å²) in [6, 6.07) is 11.7. The van der Waals surface area contributed by atoms with Gasteiger partial charge in [0.25, 0.3) is 0 Å². The smallest absolute Gasteiger partial charge is 0.338 e. The highest BCUT2D eigenvalue weighted by Gasteiger charge is 2.15. The van der Waals surface area contributed by atoms with Gasteiger partial charge < -0.3 is 19.5 Å². The Morgan fingerprint density at radius 3 is 2.28 bits per heavy atom. The zero-order chi connectivity index (χ0) is 21.2. The molecule has 0 heterocycles. The summed E-state index contributed by atoms with van der Waals surface area (Å²) in [6.07, 6.45) is 0.669. The molecule has 154 valence electrons. The van der Waals surface area contributed by atoms with Crippen molar-refractivity contribution in [1.29, 1.82) is 0 Å². The minimum absolute atomic E-state index is 0.0798. The molecule has 2 aromatic rings. The molecule has 0 aliphatic heterocycles. The first-order valence-corrected chi connectivity index (χ1v) is 9.29. The molecule has 7 heteroatoms. The maximum absolute atomic E-state index is 12.3. The lowest BCUT2D eigenvalue weighted by Gasteiger charge is -2.11. The summed E-state index contributed by atoms with van der Waals surface area (Å²) in [5, 5.41) is 2.72. The zero-order valence-corrected chi connectivity index (χ0v) is 16.8. The Balaban J connectivity index is 1.92. The number of carbonyl (C=O) groups is 3. The Morgan fingerprint density at radius 1 is 0.966 bits per heavy atom. The number of hydrogen-bond acceptors (Lipinski definition) is 6. The van der Waals surface area contributed by atoms with Crippen LogP contribution in [0.5, 0.6) is 11.5 Å². The van der Waals surface area contributed by atoms with Gasteiger partial charge in [-0.1, -0.05) is 24.3 Å². The molecule has 0 aliphatic carbocycles. The number of methoxy groups -OCH3 is 1. The maximum Gasteiger partial charge on any atom is 0.338 e. The van der Waals surface area contributed by atoms with Crippen molar-refractivity contribution in [2.24, 2.45) is 0 Å². The monoisotopic (exact) mass is 399 g/mol. The molecule has 2 aromatic carbocycles. The van der Waals surface area contributed by atoms with Crippen molar-refractivity contribution in [1.82, 2.24) is 5.32 Å². The van der Waals surface area contributed by atoms with Gasteiger partial charge in [-0.3, -0.25) is 9.59 Å². The van der Waals surface area contributed by atoms with E-state index in [2.05, 4.69) is 5.32 Å². The number of esters is 1. The highest BCUT2D eigenvalue weighted by atomic mass is 16.5. The standard InChI is InChI=1S/C22H25NO6/c1-4-28-21-13-18(9-10-20(21)27-3)22(26)29-14-19(25)17-7-5-16(6-8-17)11-12-23-15(2)24/h5-10,13H,4,11-12,14H2,1-3H3,(H,23,24). The van der Waals surface area contributed by atoms with Crippen LogP contribution in [0.4, 0.5) is 0 Å². The normalized spacial score (nSPS) is 10.2. The van der Waals surface area contributed by atoms with E-state index >= 15 is 0 Å². The van der Waals surface area contributed by atoms with Gasteiger partial charge in [0.1, 0.15) is 0 Å². The summed E-state index contributed by atoms with van der Waals surface area (Å²) < 4.78 is 15.8. The molecule has 0 saturated carbocycles. The van der Waals surface area contributed by atoms with E-state index in [0.717, 1.165) is 5.56 Å². The number of nitrogens with one attached hydrogen (secondary N) is 1. The van der Waals surface area contributed by atoms with Gasteiger partial charge in [0, 0.05) is 19.0 Å². The molecule has 1 N–H and O–H groups in total. The molecule has 29 heavy (non-hydrogen) atoms. The summed E-state index contributed by atoms with van der Waals surface area (Å²) in [5.74, 6) is -0.0493. The molecule has 0 aromatic heterocycles. The largest absolute Gasteiger partial charge is 0.493 e. The minimum Gasteiger partial charge on any atom is -0.493 e. The molecular formula is C22H25NO6. The third kappa shape index (κ3) is 6.64. The first kappa shape index (κ1) is 21.9. The molecule has 0 saturated heterocycles. The van der Waals surface area contributed by atoms with Crippen molar-refractivity contribution in [3.05, 3.63) is 59.2 Å². The van der Waals surface area contributed by atoms with Crippen LogP contribution in [0.3, 0.4) is 0 Å². The molecule has 0 radical (unpaired) electrons. The predicted molar refractivity (Wildman–Crippen MR) is 108 cm³/mol. The van der Waals surface area contributed by atoms with E-state index < -0.39 is 5.97 Å². The average molecular weight is 399 g/mol. The Kier molecular flexibility index (Phi) is 8.21. The predicted octanol–water partition coefficient (Wildman–Crippen LogP) is 2.81. The number of hydrogen-bond donors (Lipinski definition) is 1. The molecule has 0 fully saturated rings. The van der Waals surface area contributed by atoms with Crippen molar-refractivity contribution in [2.75, 3.05) is 26.9 Å². The molecule has 1 amide bonds. The second kappa shape index (κ2) is 10.8. The minimum atomic E-state index is -0.617. The van der Waals surface area contributed by atoms with E-state index in [9.17, 15) is 14.4 Å². The van der Waals surface area contributed by atoms with Gasteiger partial charge in [0.15, 0.2) is 23.9 Å². The summed E-state index contributed by atoms with van der Waals surface area (Å²) in [6.45, 7) is 3.89. The van der Waals surface area contributed by atoms with Crippen LogP contribution >= 0.6 is 0 Å². The van der Waals surface area contributed by atoms with Gasteiger partial charge in [0.2, 0.25) is 5.91 Å². The number of rotatable bonds is 10. The quantitative estimate of drug-likeness (QED) is 0.488. The molecule has 0 atom stereocenters. The van der Waals surface area contributed by atoms with Gasteiger partial charge >= 0.3 is 5.97 Å². The molecule has 0 unspecified atom stereocenters. The summed E-state index contributed by atoms with van der Waals surface area (Å²) in [5.41, 5.74) is 1.72.